The van der Waals surface area contributed by atoms with Crippen molar-refractivity contribution in [2.45, 2.75) is 116 Å². The van der Waals surface area contributed by atoms with E-state index in [4.69, 9.17) is 10.4 Å². The van der Waals surface area contributed by atoms with Gasteiger partial charge in [-0.05, 0) is 48.1 Å². The molecule has 0 fully saturated rings. The minimum absolute atomic E-state index is 0.312. The Hall–Kier alpha value is -0.890. The molecule has 0 aliphatic carbocycles. The van der Waals surface area contributed by atoms with Crippen molar-refractivity contribution >= 4 is 5.97 Å². The monoisotopic (exact) mass is 456 g/mol. The van der Waals surface area contributed by atoms with Crippen molar-refractivity contribution < 1.29 is 55.3 Å². The van der Waals surface area contributed by atoms with Crippen LogP contribution in [0.5, 0.6) is 0 Å². The highest BCUT2D eigenvalue weighted by molar-refractivity contribution is 5.66. The first kappa shape index (κ1) is 30.1. The first-order chi connectivity index (χ1) is 15.3. The molecule has 0 rings (SSSR count). The second-order valence-electron chi connectivity index (χ2n) is 7.46. The van der Waals surface area contributed by atoms with Crippen LogP contribution >= 0.6 is 0 Å². The summed E-state index contributed by atoms with van der Waals surface area (Å²) >= 11 is 0. The Kier molecular flexibility index (Phi) is 26.4. The number of carboxylic acid groups (broad SMARTS) is 1. The molecule has 0 saturated carbocycles. The standard InChI is InChI=1S/C20H40O11/c21-20(22)18-16-14-12-10-8-6-4-2-1-3-5-7-9-11-13-15-17-19-24-26-28-30-31-29-27-25-23/h23H,1-19H2,(H,21,22). The van der Waals surface area contributed by atoms with Gasteiger partial charge in [0.05, 0.1) is 6.61 Å². The van der Waals surface area contributed by atoms with Crippen LogP contribution in [0.1, 0.15) is 116 Å². The van der Waals surface area contributed by atoms with Gasteiger partial charge in [-0.1, -0.05) is 96.3 Å². The number of aliphatic carboxylic acids is 1. The predicted octanol–water partition coefficient (Wildman–Crippen LogP) is 6.10. The SMILES string of the molecule is O=C(O)CCCCCCCCCCCCCCCCCCCOOOOOOOOO. The van der Waals surface area contributed by atoms with E-state index < -0.39 is 5.97 Å². The normalized spacial score (nSPS) is 11.3. The maximum absolute atomic E-state index is 10.4. The van der Waals surface area contributed by atoms with Gasteiger partial charge < -0.3 is 5.11 Å². The maximum atomic E-state index is 10.4. The molecule has 0 aromatic carbocycles. The Labute approximate surface area is 184 Å². The van der Waals surface area contributed by atoms with Crippen LogP contribution in [0, 0.1) is 0 Å². The third-order valence-corrected chi connectivity index (χ3v) is 4.84. The Bertz CT molecular complexity index is 358. The molecule has 0 aromatic rings. The van der Waals surface area contributed by atoms with Crippen molar-refractivity contribution in [3.63, 3.8) is 0 Å². The fourth-order valence-corrected chi connectivity index (χ4v) is 3.20. The summed E-state index contributed by atoms with van der Waals surface area (Å²) in [5.41, 5.74) is 0. The van der Waals surface area contributed by atoms with Crippen LogP contribution in [0.25, 0.3) is 0 Å². The largest absolute Gasteiger partial charge is 0.481 e. The molecular formula is C20H40O11. The number of unbranched alkanes of at least 4 members (excludes halogenated alkanes) is 16. The van der Waals surface area contributed by atoms with Crippen molar-refractivity contribution in [3.05, 3.63) is 0 Å². The summed E-state index contributed by atoms with van der Waals surface area (Å²) in [4.78, 5) is 15.1. The van der Waals surface area contributed by atoms with E-state index in [1.54, 1.807) is 0 Å². The van der Waals surface area contributed by atoms with Crippen LogP contribution < -0.4 is 0 Å². The van der Waals surface area contributed by atoms with Crippen molar-refractivity contribution in [1.29, 1.82) is 0 Å². The molecule has 0 radical (unpaired) electrons. The van der Waals surface area contributed by atoms with Gasteiger partial charge in [0, 0.05) is 6.42 Å². The van der Waals surface area contributed by atoms with Gasteiger partial charge in [-0.2, -0.15) is 0 Å². The van der Waals surface area contributed by atoms with E-state index in [0.717, 1.165) is 32.1 Å². The number of carbonyl (C=O) groups is 1. The van der Waals surface area contributed by atoms with Crippen LogP contribution in [0.15, 0.2) is 0 Å². The van der Waals surface area contributed by atoms with Gasteiger partial charge in [0.2, 0.25) is 0 Å². The summed E-state index contributed by atoms with van der Waals surface area (Å²) in [5, 5.41) is 41.8. The minimum Gasteiger partial charge on any atom is -0.481 e. The van der Waals surface area contributed by atoms with Gasteiger partial charge in [0.25, 0.3) is 0 Å². The molecule has 186 valence electrons. The Morgan fingerprint density at radius 2 is 0.839 bits per heavy atom. The zero-order valence-electron chi connectivity index (χ0n) is 18.5. The highest BCUT2D eigenvalue weighted by atomic mass is 17.9. The Balaban J connectivity index is 3.00. The summed E-state index contributed by atoms with van der Waals surface area (Å²) < 4.78 is 0. The molecular weight excluding hydrogens is 416 g/mol. The molecule has 0 spiro atoms. The van der Waals surface area contributed by atoms with Gasteiger partial charge in [-0.15, -0.1) is 0 Å². The van der Waals surface area contributed by atoms with Crippen molar-refractivity contribution in [2.24, 2.45) is 0 Å². The number of hydrogen-bond donors (Lipinski definition) is 2. The van der Waals surface area contributed by atoms with E-state index in [1.165, 1.54) is 77.0 Å². The van der Waals surface area contributed by atoms with E-state index in [2.05, 4.69) is 40.2 Å². The molecule has 31 heavy (non-hydrogen) atoms. The molecule has 11 heteroatoms. The molecule has 0 bridgehead atoms. The molecule has 0 heterocycles. The third kappa shape index (κ3) is 29.1. The van der Waals surface area contributed by atoms with E-state index in [0.29, 0.717) is 13.0 Å². The van der Waals surface area contributed by atoms with Crippen LogP contribution in [0.2, 0.25) is 0 Å². The molecule has 0 atom stereocenters. The van der Waals surface area contributed by atoms with Crippen LogP contribution in [-0.2, 0) is 45.0 Å². The summed E-state index contributed by atoms with van der Waals surface area (Å²) in [6.07, 6.45) is 20.7. The van der Waals surface area contributed by atoms with Crippen molar-refractivity contribution in [3.8, 4) is 0 Å². The zero-order chi connectivity index (χ0) is 22.7. The molecule has 2 N–H and O–H groups in total. The van der Waals surface area contributed by atoms with Crippen LogP contribution in [-0.4, -0.2) is 22.9 Å². The Morgan fingerprint density at radius 1 is 0.484 bits per heavy atom. The van der Waals surface area contributed by atoms with E-state index in [9.17, 15) is 4.79 Å². The minimum atomic E-state index is -0.681. The van der Waals surface area contributed by atoms with Gasteiger partial charge >= 0.3 is 5.97 Å². The molecule has 11 nitrogen and oxygen atoms in total. The molecule has 0 aliphatic heterocycles. The van der Waals surface area contributed by atoms with E-state index in [-0.39, 0.29) is 0 Å². The summed E-state index contributed by atoms with van der Waals surface area (Å²) in [7, 11) is 0. The van der Waals surface area contributed by atoms with Gasteiger partial charge in [0.1, 0.15) is 0 Å². The zero-order valence-corrected chi connectivity index (χ0v) is 18.5. The average molecular weight is 457 g/mol. The van der Waals surface area contributed by atoms with Crippen LogP contribution in [0.3, 0.4) is 0 Å². The summed E-state index contributed by atoms with van der Waals surface area (Å²) in [5.74, 6) is -0.681. The molecule has 0 unspecified atom stereocenters. The first-order valence-electron chi connectivity index (χ1n) is 11.4. The average Bonchev–Trinajstić information content (AvgIpc) is 2.76. The fraction of sp³-hybridized carbons (Fsp3) is 0.950. The second kappa shape index (κ2) is 27.1. The lowest BCUT2D eigenvalue weighted by Crippen LogP contribution is -2.02. The summed E-state index contributed by atoms with van der Waals surface area (Å²) in [6.45, 7) is 0.352. The van der Waals surface area contributed by atoms with Crippen molar-refractivity contribution in [2.75, 3.05) is 6.61 Å². The quantitative estimate of drug-likeness (QED) is 0.0843. The predicted molar refractivity (Wildman–Crippen MR) is 107 cm³/mol. The topological polar surface area (TPSA) is 131 Å². The lowest BCUT2D eigenvalue weighted by molar-refractivity contribution is -0.830. The molecule has 0 aliphatic rings. The third-order valence-electron chi connectivity index (χ3n) is 4.84. The fourth-order valence-electron chi connectivity index (χ4n) is 3.20. The smallest absolute Gasteiger partial charge is 0.303 e. The number of carboxylic acids is 1. The van der Waals surface area contributed by atoms with Gasteiger partial charge in [-0.25, -0.2) is 10.1 Å². The van der Waals surface area contributed by atoms with E-state index >= 15 is 0 Å². The molecule has 0 saturated heterocycles. The van der Waals surface area contributed by atoms with Gasteiger partial charge in [-0.3, -0.25) is 4.79 Å². The highest BCUT2D eigenvalue weighted by Crippen LogP contribution is 2.14. The lowest BCUT2D eigenvalue weighted by atomic mass is 10.0. The molecule has 0 aromatic heterocycles. The molecule has 0 amide bonds. The number of hydrogen-bond acceptors (Lipinski definition) is 10. The van der Waals surface area contributed by atoms with Crippen LogP contribution in [0.4, 0.5) is 0 Å². The lowest BCUT2D eigenvalue weighted by Gasteiger charge is -2.04. The second-order valence-corrected chi connectivity index (χ2v) is 7.46. The Morgan fingerprint density at radius 3 is 1.26 bits per heavy atom. The van der Waals surface area contributed by atoms with Crippen molar-refractivity contribution in [1.82, 2.24) is 0 Å². The first-order valence-corrected chi connectivity index (χ1v) is 11.4. The highest BCUT2D eigenvalue weighted by Gasteiger charge is 1.98. The van der Waals surface area contributed by atoms with E-state index in [1.807, 2.05) is 0 Å². The van der Waals surface area contributed by atoms with Gasteiger partial charge in [0.15, 0.2) is 0 Å². The maximum Gasteiger partial charge on any atom is 0.303 e. The number of rotatable bonds is 27. The summed E-state index contributed by atoms with van der Waals surface area (Å²) in [6, 6.07) is 0.